The molecule has 0 aliphatic carbocycles. The monoisotopic (exact) mass is 289 g/mol. The Morgan fingerprint density at radius 3 is 2.80 bits per heavy atom. The van der Waals surface area contributed by atoms with E-state index >= 15 is 0 Å². The van der Waals surface area contributed by atoms with Crippen LogP contribution in [0.3, 0.4) is 0 Å². The quantitative estimate of drug-likeness (QED) is 0.789. The van der Waals surface area contributed by atoms with Crippen LogP contribution >= 0.6 is 0 Å². The highest BCUT2D eigenvalue weighted by Gasteiger charge is 2.31. The molecular formula is C12H14F3N3O2. The summed E-state index contributed by atoms with van der Waals surface area (Å²) in [6.45, 7) is 0.822. The molecule has 1 aromatic heterocycles. The molecule has 110 valence electrons. The minimum Gasteiger partial charge on any atom is -0.327 e. The molecule has 1 amide bonds. The van der Waals surface area contributed by atoms with Gasteiger partial charge in [0, 0.05) is 18.7 Å². The van der Waals surface area contributed by atoms with Gasteiger partial charge in [-0.2, -0.15) is 13.2 Å². The summed E-state index contributed by atoms with van der Waals surface area (Å²) in [4.78, 5) is 25.1. The third-order valence-electron chi connectivity index (χ3n) is 3.10. The third kappa shape index (κ3) is 3.60. The minimum absolute atomic E-state index is 0.0138. The lowest BCUT2D eigenvalue weighted by atomic mass is 10.1. The van der Waals surface area contributed by atoms with Crippen LogP contribution in [0.4, 0.5) is 18.9 Å². The van der Waals surface area contributed by atoms with E-state index in [2.05, 4.69) is 10.6 Å². The molecule has 1 aliphatic heterocycles. The van der Waals surface area contributed by atoms with E-state index in [9.17, 15) is 22.8 Å². The molecule has 1 atom stereocenters. The standard InChI is InChI=1S/C12H14F3N3O2/c13-12(14,15)7-4-9(11(20)17-6-7)18-10(19)5-8-2-1-3-16-8/h4,6,8,16H,1-3,5H2,(H,17,20)(H,18,19). The first-order chi connectivity index (χ1) is 9.36. The molecule has 1 aromatic rings. The van der Waals surface area contributed by atoms with Crippen LogP contribution in [-0.2, 0) is 11.0 Å². The summed E-state index contributed by atoms with van der Waals surface area (Å²) in [5.41, 5.74) is -2.15. The van der Waals surface area contributed by atoms with Crippen LogP contribution in [0.5, 0.6) is 0 Å². The zero-order valence-electron chi connectivity index (χ0n) is 10.5. The highest BCUT2D eigenvalue weighted by Crippen LogP contribution is 2.29. The number of aromatic amines is 1. The largest absolute Gasteiger partial charge is 0.417 e. The molecule has 1 unspecified atom stereocenters. The summed E-state index contributed by atoms with van der Waals surface area (Å²) in [5.74, 6) is -0.478. The normalized spacial score (nSPS) is 19.1. The van der Waals surface area contributed by atoms with Gasteiger partial charge in [0.05, 0.1) is 5.56 Å². The maximum Gasteiger partial charge on any atom is 0.417 e. The number of H-pyrrole nitrogens is 1. The first-order valence-electron chi connectivity index (χ1n) is 6.19. The Kier molecular flexibility index (Phi) is 4.12. The van der Waals surface area contributed by atoms with Crippen molar-refractivity contribution in [1.82, 2.24) is 10.3 Å². The zero-order valence-corrected chi connectivity index (χ0v) is 10.5. The van der Waals surface area contributed by atoms with E-state index in [1.54, 1.807) is 0 Å². The van der Waals surface area contributed by atoms with E-state index in [4.69, 9.17) is 0 Å². The number of hydrogen-bond donors (Lipinski definition) is 3. The molecule has 5 nitrogen and oxygen atoms in total. The molecule has 0 radical (unpaired) electrons. The second-order valence-electron chi connectivity index (χ2n) is 4.67. The number of nitrogens with one attached hydrogen (secondary N) is 3. The van der Waals surface area contributed by atoms with Gasteiger partial charge in [0.25, 0.3) is 5.56 Å². The van der Waals surface area contributed by atoms with Crippen LogP contribution in [0, 0.1) is 0 Å². The second-order valence-corrected chi connectivity index (χ2v) is 4.67. The van der Waals surface area contributed by atoms with Crippen LogP contribution in [0.15, 0.2) is 17.1 Å². The summed E-state index contributed by atoms with van der Waals surface area (Å²) in [5, 5.41) is 5.32. The summed E-state index contributed by atoms with van der Waals surface area (Å²) >= 11 is 0. The van der Waals surface area contributed by atoms with E-state index in [1.807, 2.05) is 4.98 Å². The molecule has 1 saturated heterocycles. The van der Waals surface area contributed by atoms with Crippen molar-refractivity contribution >= 4 is 11.6 Å². The maximum atomic E-state index is 12.5. The molecule has 1 aliphatic rings. The Labute approximate surface area is 112 Å². The van der Waals surface area contributed by atoms with Gasteiger partial charge in [-0.3, -0.25) is 9.59 Å². The summed E-state index contributed by atoms with van der Waals surface area (Å²) in [6, 6.07) is 0.651. The highest BCUT2D eigenvalue weighted by molar-refractivity contribution is 5.91. The summed E-state index contributed by atoms with van der Waals surface area (Å²) in [6.07, 6.45) is -2.06. The molecule has 2 heterocycles. The molecule has 8 heteroatoms. The lowest BCUT2D eigenvalue weighted by molar-refractivity contribution is -0.137. The van der Waals surface area contributed by atoms with Crippen LogP contribution in [0.25, 0.3) is 0 Å². The first-order valence-corrected chi connectivity index (χ1v) is 6.19. The van der Waals surface area contributed by atoms with Gasteiger partial charge in [0.2, 0.25) is 5.91 Å². The zero-order chi connectivity index (χ0) is 14.8. The van der Waals surface area contributed by atoms with Crippen molar-refractivity contribution in [3.05, 3.63) is 28.2 Å². The van der Waals surface area contributed by atoms with Crippen LogP contribution in [-0.4, -0.2) is 23.5 Å². The lowest BCUT2D eigenvalue weighted by Crippen LogP contribution is -2.29. The fraction of sp³-hybridized carbons (Fsp3) is 0.500. The number of aromatic nitrogens is 1. The number of amides is 1. The number of hydrogen-bond acceptors (Lipinski definition) is 3. The molecule has 0 bridgehead atoms. The average molecular weight is 289 g/mol. The predicted molar refractivity (Wildman–Crippen MR) is 66.3 cm³/mol. The Morgan fingerprint density at radius 1 is 1.45 bits per heavy atom. The SMILES string of the molecule is O=C(CC1CCCN1)Nc1cc(C(F)(F)F)c[nH]c1=O. The van der Waals surface area contributed by atoms with Gasteiger partial charge in [-0.25, -0.2) is 0 Å². The van der Waals surface area contributed by atoms with E-state index in [-0.39, 0.29) is 18.2 Å². The number of rotatable bonds is 3. The van der Waals surface area contributed by atoms with Crippen LogP contribution in [0.1, 0.15) is 24.8 Å². The maximum absolute atomic E-state index is 12.5. The Bertz CT molecular complexity index is 548. The van der Waals surface area contributed by atoms with Crippen molar-refractivity contribution in [3.63, 3.8) is 0 Å². The number of alkyl halides is 3. The molecule has 2 rings (SSSR count). The Morgan fingerprint density at radius 2 is 2.20 bits per heavy atom. The lowest BCUT2D eigenvalue weighted by Gasteiger charge is -2.11. The summed E-state index contributed by atoms with van der Waals surface area (Å²) in [7, 11) is 0. The fourth-order valence-electron chi connectivity index (χ4n) is 2.10. The number of halogens is 3. The number of carbonyl (C=O) groups is 1. The van der Waals surface area contributed by atoms with E-state index < -0.39 is 23.2 Å². The van der Waals surface area contributed by atoms with E-state index in [1.165, 1.54) is 0 Å². The van der Waals surface area contributed by atoms with E-state index in [0.29, 0.717) is 12.3 Å². The van der Waals surface area contributed by atoms with Gasteiger partial charge >= 0.3 is 6.18 Å². The predicted octanol–water partition coefficient (Wildman–Crippen LogP) is 1.47. The van der Waals surface area contributed by atoms with Gasteiger partial charge < -0.3 is 15.6 Å². The minimum atomic E-state index is -4.57. The Hall–Kier alpha value is -1.83. The molecule has 0 saturated carbocycles. The molecular weight excluding hydrogens is 275 g/mol. The van der Waals surface area contributed by atoms with Gasteiger partial charge in [-0.05, 0) is 25.5 Å². The van der Waals surface area contributed by atoms with Crippen LogP contribution in [0.2, 0.25) is 0 Å². The molecule has 0 aromatic carbocycles. The number of pyridine rings is 1. The third-order valence-corrected chi connectivity index (χ3v) is 3.10. The molecule has 0 spiro atoms. The molecule has 20 heavy (non-hydrogen) atoms. The molecule has 1 fully saturated rings. The van der Waals surface area contributed by atoms with Gasteiger partial charge in [-0.15, -0.1) is 0 Å². The van der Waals surface area contributed by atoms with E-state index in [0.717, 1.165) is 19.4 Å². The van der Waals surface area contributed by atoms with Crippen molar-refractivity contribution < 1.29 is 18.0 Å². The van der Waals surface area contributed by atoms with Crippen molar-refractivity contribution in [2.45, 2.75) is 31.5 Å². The molecule has 3 N–H and O–H groups in total. The van der Waals surface area contributed by atoms with Crippen LogP contribution < -0.4 is 16.2 Å². The average Bonchev–Trinajstić information content (AvgIpc) is 2.83. The number of anilines is 1. The van der Waals surface area contributed by atoms with Crippen molar-refractivity contribution in [1.29, 1.82) is 0 Å². The fourth-order valence-corrected chi connectivity index (χ4v) is 2.10. The van der Waals surface area contributed by atoms with Gasteiger partial charge in [0.15, 0.2) is 0 Å². The Balaban J connectivity index is 2.08. The first kappa shape index (κ1) is 14.6. The number of carbonyl (C=O) groups excluding carboxylic acids is 1. The van der Waals surface area contributed by atoms with Crippen molar-refractivity contribution in [2.24, 2.45) is 0 Å². The van der Waals surface area contributed by atoms with Crippen molar-refractivity contribution in [2.75, 3.05) is 11.9 Å². The smallest absolute Gasteiger partial charge is 0.327 e. The van der Waals surface area contributed by atoms with Crippen molar-refractivity contribution in [3.8, 4) is 0 Å². The summed E-state index contributed by atoms with van der Waals surface area (Å²) < 4.78 is 37.6. The van der Waals surface area contributed by atoms with Gasteiger partial charge in [0.1, 0.15) is 5.69 Å². The second kappa shape index (κ2) is 5.66. The topological polar surface area (TPSA) is 74.0 Å². The highest BCUT2D eigenvalue weighted by atomic mass is 19.4. The van der Waals surface area contributed by atoms with Gasteiger partial charge in [-0.1, -0.05) is 0 Å².